The average molecular weight is 297 g/mol. The first kappa shape index (κ1) is 15.0. The van der Waals surface area contributed by atoms with Crippen molar-refractivity contribution >= 4 is 21.8 Å². The fourth-order valence-electron chi connectivity index (χ4n) is 1.99. The molecule has 0 radical (unpaired) electrons. The monoisotopic (exact) mass is 297 g/mol. The van der Waals surface area contributed by atoms with Crippen LogP contribution in [-0.2, 0) is 21.5 Å². The molecule has 7 heteroatoms. The van der Waals surface area contributed by atoms with Crippen LogP contribution in [0.4, 0.5) is 5.69 Å². The van der Waals surface area contributed by atoms with Crippen LogP contribution in [0.3, 0.4) is 0 Å². The molecule has 1 aliphatic rings. The lowest BCUT2D eigenvalue weighted by Crippen LogP contribution is -2.46. The quantitative estimate of drug-likeness (QED) is 0.906. The summed E-state index contributed by atoms with van der Waals surface area (Å²) in [6.07, 6.45) is 0. The SMILES string of the molecule is CC(C)N(C)S(=O)(=O)N1CC(=O)Nc2ccccc2C1. The first-order valence-electron chi connectivity index (χ1n) is 6.43. The maximum atomic E-state index is 12.5. The fourth-order valence-corrected chi connectivity index (χ4v) is 3.47. The normalized spacial score (nSPS) is 16.9. The van der Waals surface area contributed by atoms with Crippen molar-refractivity contribution in [1.29, 1.82) is 0 Å². The van der Waals surface area contributed by atoms with Gasteiger partial charge in [0.05, 0.1) is 6.54 Å². The Morgan fingerprint density at radius 2 is 1.90 bits per heavy atom. The van der Waals surface area contributed by atoms with Gasteiger partial charge in [-0.2, -0.15) is 17.0 Å². The third-order valence-corrected chi connectivity index (χ3v) is 5.44. The zero-order valence-corrected chi connectivity index (χ0v) is 12.6. The van der Waals surface area contributed by atoms with Crippen LogP contribution in [0.15, 0.2) is 24.3 Å². The number of hydrogen-bond donors (Lipinski definition) is 1. The number of nitrogens with one attached hydrogen (secondary N) is 1. The van der Waals surface area contributed by atoms with E-state index in [1.807, 2.05) is 18.2 Å². The Kier molecular flexibility index (Phi) is 4.12. The van der Waals surface area contributed by atoms with Crippen LogP contribution in [0.5, 0.6) is 0 Å². The van der Waals surface area contributed by atoms with Gasteiger partial charge in [0.1, 0.15) is 0 Å². The smallest absolute Gasteiger partial charge is 0.282 e. The molecular formula is C13H19N3O3S. The molecule has 0 aliphatic carbocycles. The summed E-state index contributed by atoms with van der Waals surface area (Å²) in [5.41, 5.74) is 1.46. The van der Waals surface area contributed by atoms with Crippen LogP contribution in [0.25, 0.3) is 0 Å². The second-order valence-electron chi connectivity index (χ2n) is 5.09. The lowest BCUT2D eigenvalue weighted by molar-refractivity contribution is -0.116. The highest BCUT2D eigenvalue weighted by Gasteiger charge is 2.32. The van der Waals surface area contributed by atoms with Gasteiger partial charge in [0, 0.05) is 25.3 Å². The molecule has 0 aromatic heterocycles. The van der Waals surface area contributed by atoms with Crippen molar-refractivity contribution in [3.05, 3.63) is 29.8 Å². The van der Waals surface area contributed by atoms with E-state index in [4.69, 9.17) is 0 Å². The van der Waals surface area contributed by atoms with Gasteiger partial charge >= 0.3 is 0 Å². The van der Waals surface area contributed by atoms with Crippen LogP contribution >= 0.6 is 0 Å². The van der Waals surface area contributed by atoms with E-state index in [2.05, 4.69) is 5.32 Å². The Morgan fingerprint density at radius 1 is 1.25 bits per heavy atom. The van der Waals surface area contributed by atoms with Crippen LogP contribution in [0.1, 0.15) is 19.4 Å². The van der Waals surface area contributed by atoms with E-state index in [-0.39, 0.29) is 25.0 Å². The molecule has 0 saturated heterocycles. The maximum absolute atomic E-state index is 12.5. The zero-order valence-electron chi connectivity index (χ0n) is 11.8. The number of para-hydroxylation sites is 1. The third-order valence-electron chi connectivity index (χ3n) is 3.38. The van der Waals surface area contributed by atoms with Crippen LogP contribution in [-0.4, -0.2) is 42.6 Å². The van der Waals surface area contributed by atoms with E-state index in [0.29, 0.717) is 5.69 Å². The molecular weight excluding hydrogens is 278 g/mol. The Hall–Kier alpha value is -1.44. The van der Waals surface area contributed by atoms with Crippen molar-refractivity contribution in [2.24, 2.45) is 0 Å². The molecule has 1 heterocycles. The Balaban J connectivity index is 2.37. The number of rotatable bonds is 3. The number of benzene rings is 1. The number of amides is 1. The van der Waals surface area contributed by atoms with E-state index < -0.39 is 10.2 Å². The van der Waals surface area contributed by atoms with E-state index in [1.165, 1.54) is 15.7 Å². The summed E-state index contributed by atoms with van der Waals surface area (Å²) in [5.74, 6) is -0.323. The van der Waals surface area contributed by atoms with Gasteiger partial charge in [-0.25, -0.2) is 0 Å². The van der Waals surface area contributed by atoms with Gasteiger partial charge in [-0.05, 0) is 25.5 Å². The molecule has 6 nitrogen and oxygen atoms in total. The minimum atomic E-state index is -3.65. The summed E-state index contributed by atoms with van der Waals surface area (Å²) in [5, 5.41) is 2.73. The number of fused-ring (bicyclic) bond motifs is 1. The molecule has 0 unspecified atom stereocenters. The summed E-state index contributed by atoms with van der Waals surface area (Å²) in [6, 6.07) is 7.06. The molecule has 1 N–H and O–H groups in total. The fraction of sp³-hybridized carbons (Fsp3) is 0.462. The lowest BCUT2D eigenvalue weighted by Gasteiger charge is -2.28. The van der Waals surface area contributed by atoms with Crippen LogP contribution < -0.4 is 5.32 Å². The summed E-state index contributed by atoms with van der Waals surface area (Å²) in [4.78, 5) is 11.9. The van der Waals surface area contributed by atoms with Crippen molar-refractivity contribution in [1.82, 2.24) is 8.61 Å². The minimum absolute atomic E-state index is 0.165. The molecule has 1 aromatic carbocycles. The number of nitrogens with zero attached hydrogens (tertiary/aromatic N) is 2. The number of anilines is 1. The van der Waals surface area contributed by atoms with Crippen molar-refractivity contribution in [2.45, 2.75) is 26.4 Å². The standard InChI is InChI=1S/C13H19N3O3S/c1-10(2)15(3)20(18,19)16-8-11-6-4-5-7-12(11)14-13(17)9-16/h4-7,10H,8-9H2,1-3H3,(H,14,17). The summed E-state index contributed by atoms with van der Waals surface area (Å²) < 4.78 is 27.5. The predicted octanol–water partition coefficient (Wildman–Crippen LogP) is 1.03. The Labute approximate surface area is 119 Å². The molecule has 0 atom stereocenters. The number of carbonyl (C=O) groups excluding carboxylic acids is 1. The molecule has 0 bridgehead atoms. The second kappa shape index (κ2) is 5.51. The molecule has 20 heavy (non-hydrogen) atoms. The van der Waals surface area contributed by atoms with Gasteiger partial charge < -0.3 is 5.32 Å². The lowest BCUT2D eigenvalue weighted by atomic mass is 10.2. The highest BCUT2D eigenvalue weighted by Crippen LogP contribution is 2.23. The minimum Gasteiger partial charge on any atom is -0.325 e. The van der Waals surface area contributed by atoms with Crippen LogP contribution in [0.2, 0.25) is 0 Å². The van der Waals surface area contributed by atoms with E-state index >= 15 is 0 Å². The summed E-state index contributed by atoms with van der Waals surface area (Å²) in [6.45, 7) is 3.61. The first-order valence-corrected chi connectivity index (χ1v) is 7.83. The molecule has 1 aromatic rings. The van der Waals surface area contributed by atoms with Gasteiger partial charge in [0.15, 0.2) is 0 Å². The van der Waals surface area contributed by atoms with Crippen LogP contribution in [0, 0.1) is 0 Å². The molecule has 1 aliphatic heterocycles. The number of hydrogen-bond acceptors (Lipinski definition) is 3. The molecule has 2 rings (SSSR count). The Bertz CT molecular complexity index is 613. The van der Waals surface area contributed by atoms with Gasteiger partial charge in [0.2, 0.25) is 5.91 Å². The largest absolute Gasteiger partial charge is 0.325 e. The number of carbonyl (C=O) groups is 1. The van der Waals surface area contributed by atoms with Gasteiger partial charge in [0.25, 0.3) is 10.2 Å². The van der Waals surface area contributed by atoms with Crippen molar-refractivity contribution in [2.75, 3.05) is 18.9 Å². The third kappa shape index (κ3) is 2.84. The highest BCUT2D eigenvalue weighted by atomic mass is 32.2. The van der Waals surface area contributed by atoms with E-state index in [1.54, 1.807) is 19.9 Å². The van der Waals surface area contributed by atoms with Gasteiger partial charge in [-0.3, -0.25) is 4.79 Å². The van der Waals surface area contributed by atoms with Gasteiger partial charge in [-0.1, -0.05) is 18.2 Å². The molecule has 0 spiro atoms. The highest BCUT2D eigenvalue weighted by molar-refractivity contribution is 7.86. The molecule has 1 amide bonds. The maximum Gasteiger partial charge on any atom is 0.282 e. The predicted molar refractivity (Wildman–Crippen MR) is 77.3 cm³/mol. The van der Waals surface area contributed by atoms with Gasteiger partial charge in [-0.15, -0.1) is 0 Å². The van der Waals surface area contributed by atoms with E-state index in [0.717, 1.165) is 5.56 Å². The Morgan fingerprint density at radius 3 is 2.55 bits per heavy atom. The second-order valence-corrected chi connectivity index (χ2v) is 7.08. The molecule has 110 valence electrons. The van der Waals surface area contributed by atoms with E-state index in [9.17, 15) is 13.2 Å². The van der Waals surface area contributed by atoms with Crippen molar-refractivity contribution in [3.8, 4) is 0 Å². The van der Waals surface area contributed by atoms with Crippen molar-refractivity contribution < 1.29 is 13.2 Å². The molecule has 0 fully saturated rings. The van der Waals surface area contributed by atoms with Crippen molar-refractivity contribution in [3.63, 3.8) is 0 Å². The zero-order chi connectivity index (χ0) is 14.9. The average Bonchev–Trinajstić information content (AvgIpc) is 2.55. The summed E-state index contributed by atoms with van der Waals surface area (Å²) in [7, 11) is -2.13. The topological polar surface area (TPSA) is 69.7 Å². The molecule has 0 saturated carbocycles. The summed E-state index contributed by atoms with van der Waals surface area (Å²) >= 11 is 0. The first-order chi connectivity index (χ1) is 9.32.